The second-order valence-electron chi connectivity index (χ2n) is 7.88. The van der Waals surface area contributed by atoms with Crippen LogP contribution < -0.4 is 10.1 Å². The standard InChI is InChI=1S/C26H36N2O3/c1-5-7-17-27-26(30)23(6-2)28(18-16-22-13-9-8-10-14-22)25(29)19-31-24-15-11-12-20(3)21(24)4/h8-15,23H,5-7,16-19H2,1-4H3,(H,27,30)/t23-/m0/s1. The summed E-state index contributed by atoms with van der Waals surface area (Å²) in [5.41, 5.74) is 3.28. The summed E-state index contributed by atoms with van der Waals surface area (Å²) in [5, 5.41) is 2.98. The van der Waals surface area contributed by atoms with Gasteiger partial charge in [-0.3, -0.25) is 9.59 Å². The van der Waals surface area contributed by atoms with E-state index in [1.54, 1.807) is 4.90 Å². The zero-order chi connectivity index (χ0) is 22.6. The Bertz CT molecular complexity index is 836. The third-order valence-electron chi connectivity index (χ3n) is 5.61. The molecule has 2 amide bonds. The summed E-state index contributed by atoms with van der Waals surface area (Å²) in [4.78, 5) is 27.7. The lowest BCUT2D eigenvalue weighted by Crippen LogP contribution is -2.51. The number of hydrogen-bond donors (Lipinski definition) is 1. The molecule has 0 bridgehead atoms. The van der Waals surface area contributed by atoms with Crippen molar-refractivity contribution in [1.82, 2.24) is 10.2 Å². The lowest BCUT2D eigenvalue weighted by molar-refractivity contribution is -0.142. The largest absolute Gasteiger partial charge is 0.483 e. The molecule has 1 N–H and O–H groups in total. The number of carbonyl (C=O) groups is 2. The number of nitrogens with one attached hydrogen (secondary N) is 1. The first-order valence-electron chi connectivity index (χ1n) is 11.3. The molecule has 0 saturated carbocycles. The van der Waals surface area contributed by atoms with Crippen LogP contribution in [0.25, 0.3) is 0 Å². The third-order valence-corrected chi connectivity index (χ3v) is 5.61. The summed E-state index contributed by atoms with van der Waals surface area (Å²) in [6.07, 6.45) is 3.18. The van der Waals surface area contributed by atoms with Gasteiger partial charge in [-0.2, -0.15) is 0 Å². The first-order valence-corrected chi connectivity index (χ1v) is 11.3. The first kappa shape index (κ1) is 24.4. The second kappa shape index (κ2) is 12.8. The molecule has 2 aromatic rings. The quantitative estimate of drug-likeness (QED) is 0.512. The Morgan fingerprint density at radius 2 is 1.77 bits per heavy atom. The molecule has 0 unspecified atom stereocenters. The van der Waals surface area contributed by atoms with Gasteiger partial charge in [-0.05, 0) is 55.9 Å². The summed E-state index contributed by atoms with van der Waals surface area (Å²) in [6.45, 7) is 9.05. The van der Waals surface area contributed by atoms with Crippen molar-refractivity contribution in [3.63, 3.8) is 0 Å². The van der Waals surface area contributed by atoms with E-state index in [1.807, 2.05) is 69.3 Å². The van der Waals surface area contributed by atoms with E-state index in [4.69, 9.17) is 4.74 Å². The van der Waals surface area contributed by atoms with E-state index in [9.17, 15) is 9.59 Å². The number of ether oxygens (including phenoxy) is 1. The number of unbranched alkanes of at least 4 members (excludes halogenated alkanes) is 1. The summed E-state index contributed by atoms with van der Waals surface area (Å²) in [6, 6.07) is 15.3. The van der Waals surface area contributed by atoms with Gasteiger partial charge in [0.25, 0.3) is 5.91 Å². The molecule has 2 rings (SSSR count). The van der Waals surface area contributed by atoms with Crippen molar-refractivity contribution in [3.05, 3.63) is 65.2 Å². The van der Waals surface area contributed by atoms with Gasteiger partial charge >= 0.3 is 0 Å². The number of carbonyl (C=O) groups excluding carboxylic acids is 2. The first-order chi connectivity index (χ1) is 15.0. The SMILES string of the molecule is CCCCNC(=O)[C@H](CC)N(CCc1ccccc1)C(=O)COc1cccc(C)c1C. The minimum absolute atomic E-state index is 0.0855. The maximum Gasteiger partial charge on any atom is 0.261 e. The summed E-state index contributed by atoms with van der Waals surface area (Å²) in [7, 11) is 0. The van der Waals surface area contributed by atoms with Crippen LogP contribution in [0.3, 0.4) is 0 Å². The van der Waals surface area contributed by atoms with Crippen molar-refractivity contribution in [2.45, 2.75) is 59.4 Å². The molecule has 0 heterocycles. The smallest absolute Gasteiger partial charge is 0.261 e. The highest BCUT2D eigenvalue weighted by Crippen LogP contribution is 2.21. The number of benzene rings is 2. The molecule has 0 aliphatic heterocycles. The van der Waals surface area contributed by atoms with Crippen LogP contribution in [0.1, 0.15) is 49.8 Å². The van der Waals surface area contributed by atoms with Crippen molar-refractivity contribution in [2.24, 2.45) is 0 Å². The van der Waals surface area contributed by atoms with Crippen LogP contribution in [0.4, 0.5) is 0 Å². The van der Waals surface area contributed by atoms with Crippen LogP contribution in [0.15, 0.2) is 48.5 Å². The highest BCUT2D eigenvalue weighted by atomic mass is 16.5. The minimum atomic E-state index is -0.504. The predicted molar refractivity (Wildman–Crippen MR) is 125 cm³/mol. The maximum atomic E-state index is 13.2. The zero-order valence-corrected chi connectivity index (χ0v) is 19.3. The van der Waals surface area contributed by atoms with Crippen LogP contribution in [0.5, 0.6) is 5.75 Å². The Hall–Kier alpha value is -2.82. The molecule has 0 radical (unpaired) electrons. The average molecular weight is 425 g/mol. The fourth-order valence-electron chi connectivity index (χ4n) is 3.51. The van der Waals surface area contributed by atoms with Gasteiger partial charge in [-0.25, -0.2) is 0 Å². The van der Waals surface area contributed by atoms with Crippen molar-refractivity contribution in [2.75, 3.05) is 19.7 Å². The van der Waals surface area contributed by atoms with Gasteiger partial charge in [0.15, 0.2) is 6.61 Å². The molecule has 31 heavy (non-hydrogen) atoms. The Morgan fingerprint density at radius 3 is 2.45 bits per heavy atom. The molecule has 0 saturated heterocycles. The summed E-state index contributed by atoms with van der Waals surface area (Å²) < 4.78 is 5.86. The lowest BCUT2D eigenvalue weighted by atomic mass is 10.1. The molecular weight excluding hydrogens is 388 g/mol. The highest BCUT2D eigenvalue weighted by Gasteiger charge is 2.28. The Morgan fingerprint density at radius 1 is 1.03 bits per heavy atom. The molecule has 0 fully saturated rings. The Balaban J connectivity index is 2.12. The average Bonchev–Trinajstić information content (AvgIpc) is 2.78. The van der Waals surface area contributed by atoms with E-state index < -0.39 is 6.04 Å². The van der Waals surface area contributed by atoms with Gasteiger partial charge in [-0.1, -0.05) is 62.7 Å². The van der Waals surface area contributed by atoms with Crippen molar-refractivity contribution in [1.29, 1.82) is 0 Å². The van der Waals surface area contributed by atoms with Gasteiger partial charge in [0.1, 0.15) is 11.8 Å². The summed E-state index contributed by atoms with van der Waals surface area (Å²) in [5.74, 6) is 0.440. The van der Waals surface area contributed by atoms with Crippen LogP contribution in [-0.4, -0.2) is 42.5 Å². The molecule has 0 aliphatic carbocycles. The number of hydrogen-bond acceptors (Lipinski definition) is 3. The highest BCUT2D eigenvalue weighted by molar-refractivity contribution is 5.88. The van der Waals surface area contributed by atoms with E-state index >= 15 is 0 Å². The number of rotatable bonds is 12. The predicted octanol–water partition coefficient (Wildman–Crippen LogP) is 4.45. The number of amides is 2. The van der Waals surface area contributed by atoms with E-state index in [-0.39, 0.29) is 18.4 Å². The number of aryl methyl sites for hydroxylation is 1. The Labute approximate surface area is 186 Å². The van der Waals surface area contributed by atoms with Gasteiger partial charge < -0.3 is 15.0 Å². The molecule has 5 heteroatoms. The molecular formula is C26H36N2O3. The van der Waals surface area contributed by atoms with Crippen molar-refractivity contribution in [3.8, 4) is 5.75 Å². The second-order valence-corrected chi connectivity index (χ2v) is 7.88. The molecule has 1 atom stereocenters. The van der Waals surface area contributed by atoms with E-state index in [0.717, 1.165) is 29.5 Å². The maximum absolute atomic E-state index is 13.2. The molecule has 0 aromatic heterocycles. The van der Waals surface area contributed by atoms with Crippen LogP contribution >= 0.6 is 0 Å². The van der Waals surface area contributed by atoms with E-state index in [1.165, 1.54) is 0 Å². The van der Waals surface area contributed by atoms with Gasteiger partial charge in [0.2, 0.25) is 5.91 Å². The molecule has 168 valence electrons. The molecule has 2 aromatic carbocycles. The summed E-state index contributed by atoms with van der Waals surface area (Å²) >= 11 is 0. The fraction of sp³-hybridized carbons (Fsp3) is 0.462. The normalized spacial score (nSPS) is 11.6. The van der Waals surface area contributed by atoms with Crippen LogP contribution in [0.2, 0.25) is 0 Å². The Kier molecular flexibility index (Phi) is 10.1. The topological polar surface area (TPSA) is 58.6 Å². The monoisotopic (exact) mass is 424 g/mol. The fourth-order valence-corrected chi connectivity index (χ4v) is 3.51. The van der Waals surface area contributed by atoms with Crippen LogP contribution in [-0.2, 0) is 16.0 Å². The van der Waals surface area contributed by atoms with E-state index in [0.29, 0.717) is 31.7 Å². The number of nitrogens with zero attached hydrogens (tertiary/aromatic N) is 1. The van der Waals surface area contributed by atoms with Gasteiger partial charge in [0.05, 0.1) is 0 Å². The lowest BCUT2D eigenvalue weighted by Gasteiger charge is -2.30. The van der Waals surface area contributed by atoms with Crippen molar-refractivity contribution < 1.29 is 14.3 Å². The van der Waals surface area contributed by atoms with Crippen molar-refractivity contribution >= 4 is 11.8 Å². The molecule has 0 aliphatic rings. The van der Waals surface area contributed by atoms with Gasteiger partial charge in [0, 0.05) is 13.1 Å². The third kappa shape index (κ3) is 7.42. The van der Waals surface area contributed by atoms with Crippen LogP contribution in [0, 0.1) is 13.8 Å². The van der Waals surface area contributed by atoms with Gasteiger partial charge in [-0.15, -0.1) is 0 Å². The zero-order valence-electron chi connectivity index (χ0n) is 19.3. The minimum Gasteiger partial charge on any atom is -0.483 e. The molecule has 5 nitrogen and oxygen atoms in total. The van der Waals surface area contributed by atoms with E-state index in [2.05, 4.69) is 12.2 Å². The molecule has 0 spiro atoms.